The Bertz CT molecular complexity index is 620. The summed E-state index contributed by atoms with van der Waals surface area (Å²) in [5, 5.41) is 0.384. The Balaban J connectivity index is 2.04. The molecule has 0 bridgehead atoms. The first-order chi connectivity index (χ1) is 8.65. The van der Waals surface area contributed by atoms with Crippen molar-refractivity contribution in [2.75, 3.05) is 11.9 Å². The number of carbonyl (C=O) groups excluding carboxylic acids is 1. The number of rotatable bonds is 1. The summed E-state index contributed by atoms with van der Waals surface area (Å²) in [4.78, 5) is 20.3. The third-order valence-electron chi connectivity index (χ3n) is 3.28. The molecule has 0 radical (unpaired) electrons. The highest BCUT2D eigenvalue weighted by atomic mass is 35.5. The van der Waals surface area contributed by atoms with Crippen molar-refractivity contribution in [2.45, 2.75) is 12.8 Å². The number of carbonyl (C=O) groups is 1. The van der Waals surface area contributed by atoms with Gasteiger partial charge >= 0.3 is 0 Å². The second-order valence-electron chi connectivity index (χ2n) is 4.38. The van der Waals surface area contributed by atoms with Crippen LogP contribution in [0.4, 0.5) is 5.69 Å². The fraction of sp³-hybridized carbons (Fsp3) is 0.231. The molecule has 92 valence electrons. The first-order valence-electron chi connectivity index (χ1n) is 5.75. The topological polar surface area (TPSA) is 49.0 Å². The van der Waals surface area contributed by atoms with Gasteiger partial charge in [-0.05, 0) is 35.7 Å². The van der Waals surface area contributed by atoms with Crippen LogP contribution in [-0.4, -0.2) is 22.9 Å². The van der Waals surface area contributed by atoms with E-state index in [1.807, 2.05) is 19.2 Å². The number of hydrogen-bond donors (Lipinski definition) is 1. The zero-order valence-electron chi connectivity index (χ0n) is 9.90. The SMILES string of the molecule is CN1C(=O)CCc2cc(-c3cnc(Cl)[nH]3)ccc21. The fourth-order valence-corrected chi connectivity index (χ4v) is 2.42. The number of amides is 1. The van der Waals surface area contributed by atoms with E-state index in [9.17, 15) is 4.79 Å². The zero-order valence-corrected chi connectivity index (χ0v) is 10.7. The van der Waals surface area contributed by atoms with E-state index in [0.29, 0.717) is 11.7 Å². The zero-order chi connectivity index (χ0) is 12.7. The number of imidazole rings is 1. The summed E-state index contributed by atoms with van der Waals surface area (Å²) in [6.07, 6.45) is 3.06. The van der Waals surface area contributed by atoms with Crippen molar-refractivity contribution in [3.63, 3.8) is 0 Å². The number of aromatic amines is 1. The molecule has 1 N–H and O–H groups in total. The van der Waals surface area contributed by atoms with Crippen molar-refractivity contribution < 1.29 is 4.79 Å². The largest absolute Gasteiger partial charge is 0.329 e. The van der Waals surface area contributed by atoms with Gasteiger partial charge in [0.15, 0.2) is 5.28 Å². The normalized spacial score (nSPS) is 14.8. The van der Waals surface area contributed by atoms with Crippen molar-refractivity contribution in [3.8, 4) is 11.3 Å². The van der Waals surface area contributed by atoms with Crippen LogP contribution in [-0.2, 0) is 11.2 Å². The maximum atomic E-state index is 11.6. The molecule has 0 unspecified atom stereocenters. The smallest absolute Gasteiger partial charge is 0.227 e. The summed E-state index contributed by atoms with van der Waals surface area (Å²) >= 11 is 5.78. The molecule has 1 amide bonds. The van der Waals surface area contributed by atoms with Crippen molar-refractivity contribution in [1.29, 1.82) is 0 Å². The predicted molar refractivity (Wildman–Crippen MR) is 70.8 cm³/mol. The Morgan fingerprint density at radius 2 is 2.22 bits per heavy atom. The van der Waals surface area contributed by atoms with Gasteiger partial charge in [0.25, 0.3) is 0 Å². The molecule has 2 heterocycles. The summed E-state index contributed by atoms with van der Waals surface area (Å²) in [7, 11) is 1.81. The molecule has 0 aliphatic carbocycles. The van der Waals surface area contributed by atoms with Gasteiger partial charge in [-0.2, -0.15) is 0 Å². The van der Waals surface area contributed by atoms with Crippen LogP contribution >= 0.6 is 11.6 Å². The number of nitrogens with one attached hydrogen (secondary N) is 1. The molecule has 0 spiro atoms. The number of halogens is 1. The Labute approximate surface area is 110 Å². The highest BCUT2D eigenvalue weighted by Gasteiger charge is 2.21. The summed E-state index contributed by atoms with van der Waals surface area (Å²) < 4.78 is 0. The van der Waals surface area contributed by atoms with Crippen LogP contribution in [0.5, 0.6) is 0 Å². The molecule has 4 nitrogen and oxygen atoms in total. The minimum absolute atomic E-state index is 0.167. The van der Waals surface area contributed by atoms with Gasteiger partial charge in [0.1, 0.15) is 0 Å². The molecule has 0 saturated carbocycles. The summed E-state index contributed by atoms with van der Waals surface area (Å²) in [6, 6.07) is 6.02. The number of fused-ring (bicyclic) bond motifs is 1. The minimum Gasteiger partial charge on any atom is -0.329 e. The summed E-state index contributed by atoms with van der Waals surface area (Å²) in [5.74, 6) is 0.167. The highest BCUT2D eigenvalue weighted by Crippen LogP contribution is 2.30. The van der Waals surface area contributed by atoms with Gasteiger partial charge in [0.2, 0.25) is 5.91 Å². The minimum atomic E-state index is 0.167. The lowest BCUT2D eigenvalue weighted by Gasteiger charge is -2.26. The van der Waals surface area contributed by atoms with E-state index in [1.54, 1.807) is 11.1 Å². The monoisotopic (exact) mass is 261 g/mol. The molecule has 1 aliphatic heterocycles. The average Bonchev–Trinajstić information content (AvgIpc) is 2.80. The molecule has 18 heavy (non-hydrogen) atoms. The van der Waals surface area contributed by atoms with Gasteiger partial charge < -0.3 is 9.88 Å². The van der Waals surface area contributed by atoms with Crippen LogP contribution in [0.2, 0.25) is 5.28 Å². The van der Waals surface area contributed by atoms with Crippen molar-refractivity contribution in [3.05, 3.63) is 35.2 Å². The number of nitrogens with zero attached hydrogens (tertiary/aromatic N) is 2. The van der Waals surface area contributed by atoms with Gasteiger partial charge in [0.05, 0.1) is 11.9 Å². The summed E-state index contributed by atoms with van der Waals surface area (Å²) in [6.45, 7) is 0. The first kappa shape index (κ1) is 11.3. The molecule has 2 aromatic rings. The number of anilines is 1. The molecule has 1 aromatic heterocycles. The molecule has 0 saturated heterocycles. The number of aromatic nitrogens is 2. The fourth-order valence-electron chi connectivity index (χ4n) is 2.27. The van der Waals surface area contributed by atoms with Crippen molar-refractivity contribution >= 4 is 23.2 Å². The van der Waals surface area contributed by atoms with Crippen LogP contribution in [0.25, 0.3) is 11.3 Å². The Morgan fingerprint density at radius 1 is 1.39 bits per heavy atom. The number of H-pyrrole nitrogens is 1. The van der Waals surface area contributed by atoms with Gasteiger partial charge in [0, 0.05) is 24.7 Å². The molecule has 1 aromatic carbocycles. The van der Waals surface area contributed by atoms with Crippen molar-refractivity contribution in [2.24, 2.45) is 0 Å². The van der Waals surface area contributed by atoms with Crippen LogP contribution in [0.1, 0.15) is 12.0 Å². The molecular weight excluding hydrogens is 250 g/mol. The van der Waals surface area contributed by atoms with E-state index in [1.165, 1.54) is 5.56 Å². The van der Waals surface area contributed by atoms with Gasteiger partial charge in [-0.25, -0.2) is 4.98 Å². The Kier molecular flexibility index (Phi) is 2.59. The second-order valence-corrected chi connectivity index (χ2v) is 4.74. The quantitative estimate of drug-likeness (QED) is 0.858. The molecule has 5 heteroatoms. The molecule has 0 fully saturated rings. The number of aryl methyl sites for hydroxylation is 1. The van der Waals surface area contributed by atoms with E-state index in [4.69, 9.17) is 11.6 Å². The Morgan fingerprint density at radius 3 is 2.94 bits per heavy atom. The van der Waals surface area contributed by atoms with E-state index in [0.717, 1.165) is 23.4 Å². The van der Waals surface area contributed by atoms with Crippen LogP contribution in [0.15, 0.2) is 24.4 Å². The lowest BCUT2D eigenvalue weighted by atomic mass is 9.98. The van der Waals surface area contributed by atoms with E-state index in [2.05, 4.69) is 16.0 Å². The third-order valence-corrected chi connectivity index (χ3v) is 3.47. The number of benzene rings is 1. The Hall–Kier alpha value is -1.81. The summed E-state index contributed by atoms with van der Waals surface area (Å²) in [5.41, 5.74) is 4.10. The highest BCUT2D eigenvalue weighted by molar-refractivity contribution is 6.28. The standard InChI is InChI=1S/C13H12ClN3O/c1-17-11-4-2-8(10-7-15-13(14)16-10)6-9(11)3-5-12(17)18/h2,4,6-7H,3,5H2,1H3,(H,15,16). The lowest BCUT2D eigenvalue weighted by molar-refractivity contribution is -0.118. The van der Waals surface area contributed by atoms with E-state index < -0.39 is 0 Å². The van der Waals surface area contributed by atoms with Crippen LogP contribution in [0, 0.1) is 0 Å². The van der Waals surface area contributed by atoms with Gasteiger partial charge in [-0.3, -0.25) is 4.79 Å². The predicted octanol–water partition coefficient (Wildman–Crippen LogP) is 2.64. The molecule has 3 rings (SSSR count). The molecule has 1 aliphatic rings. The maximum absolute atomic E-state index is 11.6. The molecular formula is C13H12ClN3O. The number of hydrogen-bond acceptors (Lipinski definition) is 2. The van der Waals surface area contributed by atoms with Crippen LogP contribution in [0.3, 0.4) is 0 Å². The van der Waals surface area contributed by atoms with Crippen molar-refractivity contribution in [1.82, 2.24) is 9.97 Å². The van der Waals surface area contributed by atoms with E-state index in [-0.39, 0.29) is 5.91 Å². The third kappa shape index (κ3) is 1.78. The van der Waals surface area contributed by atoms with Gasteiger partial charge in [-0.15, -0.1) is 0 Å². The average molecular weight is 262 g/mol. The first-order valence-corrected chi connectivity index (χ1v) is 6.13. The lowest BCUT2D eigenvalue weighted by Crippen LogP contribution is -2.30. The maximum Gasteiger partial charge on any atom is 0.227 e. The van der Waals surface area contributed by atoms with Gasteiger partial charge in [-0.1, -0.05) is 6.07 Å². The molecule has 0 atom stereocenters. The van der Waals surface area contributed by atoms with E-state index >= 15 is 0 Å². The van der Waals surface area contributed by atoms with Crippen LogP contribution < -0.4 is 4.90 Å². The second kappa shape index (κ2) is 4.14.